The van der Waals surface area contributed by atoms with E-state index in [9.17, 15) is 9.59 Å². The van der Waals surface area contributed by atoms with E-state index in [2.05, 4.69) is 6.07 Å². The van der Waals surface area contributed by atoms with Crippen LogP contribution < -0.4 is 0 Å². The number of esters is 1. The molecule has 0 spiro atoms. The highest BCUT2D eigenvalue weighted by Crippen LogP contribution is 2.26. The molecule has 2 unspecified atom stereocenters. The van der Waals surface area contributed by atoms with Crippen LogP contribution in [0.5, 0.6) is 0 Å². The highest BCUT2D eigenvalue weighted by atomic mass is 16.5. The highest BCUT2D eigenvalue weighted by molar-refractivity contribution is 5.77. The summed E-state index contributed by atoms with van der Waals surface area (Å²) in [4.78, 5) is 22.7. The summed E-state index contributed by atoms with van der Waals surface area (Å²) < 4.78 is 4.77. The summed E-state index contributed by atoms with van der Waals surface area (Å²) in [5.74, 6) is -0.325. The van der Waals surface area contributed by atoms with Gasteiger partial charge in [-0.2, -0.15) is 5.26 Å². The molecule has 0 fully saturated rings. The van der Waals surface area contributed by atoms with E-state index in [-0.39, 0.29) is 23.6 Å². The molecule has 0 bridgehead atoms. The van der Waals surface area contributed by atoms with Crippen molar-refractivity contribution < 1.29 is 14.3 Å². The fourth-order valence-corrected chi connectivity index (χ4v) is 2.00. The number of hydrogen-bond donors (Lipinski definition) is 0. The van der Waals surface area contributed by atoms with Crippen LogP contribution in [0.25, 0.3) is 0 Å². The molecule has 0 aromatic rings. The molecular weight excluding hydrogens is 218 g/mol. The maximum Gasteiger partial charge on any atom is 0.308 e. The number of methoxy groups -OCH3 is 1. The summed E-state index contributed by atoms with van der Waals surface area (Å²) in [6.45, 7) is 3.51. The van der Waals surface area contributed by atoms with Gasteiger partial charge in [0, 0.05) is 12.8 Å². The Hall–Kier alpha value is -1.37. The third kappa shape index (κ3) is 6.06. The van der Waals surface area contributed by atoms with E-state index >= 15 is 0 Å². The van der Waals surface area contributed by atoms with E-state index in [4.69, 9.17) is 10.00 Å². The lowest BCUT2D eigenvalue weighted by Gasteiger charge is -2.23. The van der Waals surface area contributed by atoms with Crippen molar-refractivity contribution in [1.82, 2.24) is 0 Å². The first kappa shape index (κ1) is 15.6. The van der Waals surface area contributed by atoms with Gasteiger partial charge in [0.05, 0.1) is 19.1 Å². The normalized spacial score (nSPS) is 13.5. The Morgan fingerprint density at radius 1 is 1.35 bits per heavy atom. The quantitative estimate of drug-likeness (QED) is 0.610. The number of ether oxygens (including phenoxy) is 1. The number of nitrogens with zero attached hydrogens (tertiary/aromatic N) is 1. The van der Waals surface area contributed by atoms with Crippen LogP contribution in [0.3, 0.4) is 0 Å². The predicted octanol–water partition coefficient (Wildman–Crippen LogP) is 2.47. The monoisotopic (exact) mass is 239 g/mol. The predicted molar refractivity (Wildman–Crippen MR) is 64.0 cm³/mol. The largest absolute Gasteiger partial charge is 0.469 e. The number of rotatable bonds is 8. The zero-order valence-corrected chi connectivity index (χ0v) is 10.9. The minimum absolute atomic E-state index is 0.0778. The Morgan fingerprint density at radius 2 is 2.00 bits per heavy atom. The lowest BCUT2D eigenvalue weighted by atomic mass is 9.83. The van der Waals surface area contributed by atoms with E-state index in [1.165, 1.54) is 14.0 Å². The maximum atomic E-state index is 11.7. The van der Waals surface area contributed by atoms with Crippen molar-refractivity contribution in [2.75, 3.05) is 7.11 Å². The Kier molecular flexibility index (Phi) is 8.04. The zero-order valence-electron chi connectivity index (χ0n) is 10.9. The number of carbonyl (C=O) groups is 2. The van der Waals surface area contributed by atoms with E-state index in [1.54, 1.807) is 0 Å². The van der Waals surface area contributed by atoms with Crippen molar-refractivity contribution in [3.63, 3.8) is 0 Å². The van der Waals surface area contributed by atoms with Gasteiger partial charge in [0.25, 0.3) is 0 Å². The molecular formula is C13H21NO3. The summed E-state index contributed by atoms with van der Waals surface area (Å²) in [6, 6.07) is 2.09. The molecule has 0 amide bonds. The van der Waals surface area contributed by atoms with Crippen molar-refractivity contribution >= 4 is 11.8 Å². The van der Waals surface area contributed by atoms with Gasteiger partial charge in [-0.3, -0.25) is 4.79 Å². The fourth-order valence-electron chi connectivity index (χ4n) is 2.00. The molecule has 0 aromatic carbocycles. The number of ketones is 1. The van der Waals surface area contributed by atoms with Crippen molar-refractivity contribution in [1.29, 1.82) is 5.26 Å². The van der Waals surface area contributed by atoms with Gasteiger partial charge in [-0.15, -0.1) is 0 Å². The zero-order chi connectivity index (χ0) is 13.3. The second-order valence-corrected chi connectivity index (χ2v) is 4.24. The minimum atomic E-state index is -0.268. The molecule has 0 rings (SSSR count). The van der Waals surface area contributed by atoms with Crippen LogP contribution in [-0.2, 0) is 14.3 Å². The topological polar surface area (TPSA) is 67.2 Å². The van der Waals surface area contributed by atoms with E-state index in [1.807, 2.05) is 6.92 Å². The number of carbonyl (C=O) groups excluding carboxylic acids is 2. The second-order valence-electron chi connectivity index (χ2n) is 4.24. The minimum Gasteiger partial charge on any atom is -0.469 e. The van der Waals surface area contributed by atoms with Crippen molar-refractivity contribution in [3.05, 3.63) is 0 Å². The van der Waals surface area contributed by atoms with Crippen LogP contribution >= 0.6 is 0 Å². The molecule has 0 aliphatic rings. The first-order valence-corrected chi connectivity index (χ1v) is 6.01. The van der Waals surface area contributed by atoms with Gasteiger partial charge in [0.1, 0.15) is 5.78 Å². The van der Waals surface area contributed by atoms with Gasteiger partial charge >= 0.3 is 5.97 Å². The smallest absolute Gasteiger partial charge is 0.308 e. The molecule has 0 aliphatic carbocycles. The SMILES string of the molecule is CCC(CCC#N)C(CCC(C)=O)C(=O)OC. The molecule has 0 radical (unpaired) electrons. The lowest BCUT2D eigenvalue weighted by Crippen LogP contribution is -2.25. The Bertz CT molecular complexity index is 294. The van der Waals surface area contributed by atoms with Crippen LogP contribution in [0.15, 0.2) is 0 Å². The van der Waals surface area contributed by atoms with Crippen LogP contribution in [0.1, 0.15) is 46.0 Å². The second kappa shape index (κ2) is 8.74. The number of hydrogen-bond acceptors (Lipinski definition) is 4. The fraction of sp³-hybridized carbons (Fsp3) is 0.769. The number of Topliss-reactive ketones (excluding diaryl/α,β-unsaturated/α-hetero) is 1. The van der Waals surface area contributed by atoms with E-state index in [0.717, 1.165) is 6.42 Å². The van der Waals surface area contributed by atoms with Crippen LogP contribution in [0, 0.1) is 23.2 Å². The van der Waals surface area contributed by atoms with Crippen molar-refractivity contribution in [2.24, 2.45) is 11.8 Å². The Morgan fingerprint density at radius 3 is 2.41 bits per heavy atom. The maximum absolute atomic E-state index is 11.7. The first-order chi connectivity index (χ1) is 8.06. The van der Waals surface area contributed by atoms with Gasteiger partial charge in [-0.25, -0.2) is 0 Å². The average molecular weight is 239 g/mol. The summed E-state index contributed by atoms with van der Waals surface area (Å²) in [5.41, 5.74) is 0. The molecule has 0 aliphatic heterocycles. The van der Waals surface area contributed by atoms with E-state index in [0.29, 0.717) is 25.7 Å². The third-order valence-corrected chi connectivity index (χ3v) is 3.03. The van der Waals surface area contributed by atoms with Crippen molar-refractivity contribution in [2.45, 2.75) is 46.0 Å². The van der Waals surface area contributed by atoms with E-state index < -0.39 is 0 Å². The van der Waals surface area contributed by atoms with Crippen molar-refractivity contribution in [3.8, 4) is 6.07 Å². The standard InChI is InChI=1S/C13H21NO3/c1-4-11(6-5-9-14)12(13(16)17-3)8-7-10(2)15/h11-12H,4-8H2,1-3H3. The summed E-state index contributed by atoms with van der Waals surface area (Å²) in [7, 11) is 1.36. The average Bonchev–Trinajstić information content (AvgIpc) is 2.32. The molecule has 0 saturated carbocycles. The molecule has 0 heterocycles. The molecule has 2 atom stereocenters. The van der Waals surface area contributed by atoms with Gasteiger partial charge in [0.2, 0.25) is 0 Å². The summed E-state index contributed by atoms with van der Waals surface area (Å²) in [6.07, 6.45) is 2.85. The Balaban J connectivity index is 4.56. The first-order valence-electron chi connectivity index (χ1n) is 6.01. The highest BCUT2D eigenvalue weighted by Gasteiger charge is 2.27. The molecule has 0 N–H and O–H groups in total. The lowest BCUT2D eigenvalue weighted by molar-refractivity contribution is -0.148. The van der Waals surface area contributed by atoms with Crippen LogP contribution in [0.2, 0.25) is 0 Å². The number of nitriles is 1. The molecule has 0 saturated heterocycles. The van der Waals surface area contributed by atoms with Gasteiger partial charge in [0.15, 0.2) is 0 Å². The van der Waals surface area contributed by atoms with Gasteiger partial charge in [-0.05, 0) is 25.7 Å². The van der Waals surface area contributed by atoms with Gasteiger partial charge in [-0.1, -0.05) is 13.3 Å². The molecule has 96 valence electrons. The summed E-state index contributed by atoms with van der Waals surface area (Å²) >= 11 is 0. The van der Waals surface area contributed by atoms with Crippen LogP contribution in [0.4, 0.5) is 0 Å². The van der Waals surface area contributed by atoms with Crippen LogP contribution in [-0.4, -0.2) is 18.9 Å². The Labute approximate surface area is 103 Å². The molecule has 17 heavy (non-hydrogen) atoms. The molecule has 4 nitrogen and oxygen atoms in total. The third-order valence-electron chi connectivity index (χ3n) is 3.03. The molecule has 0 aromatic heterocycles. The molecule has 4 heteroatoms. The van der Waals surface area contributed by atoms with Gasteiger partial charge < -0.3 is 9.53 Å². The summed E-state index contributed by atoms with van der Waals surface area (Å²) in [5, 5.41) is 8.59.